The van der Waals surface area contributed by atoms with E-state index in [0.717, 1.165) is 0 Å². The fourth-order valence-corrected chi connectivity index (χ4v) is 3.15. The van der Waals surface area contributed by atoms with Crippen LogP contribution in [0.15, 0.2) is 27.8 Å². The molecule has 0 atom stereocenters. The highest BCUT2D eigenvalue weighted by Gasteiger charge is 2.22. The molecule has 2 aromatic rings. The van der Waals surface area contributed by atoms with Crippen LogP contribution >= 0.6 is 27.5 Å². The lowest BCUT2D eigenvalue weighted by molar-refractivity contribution is 0.600. The molecule has 20 heavy (non-hydrogen) atoms. The minimum atomic E-state index is -3.88. The van der Waals surface area contributed by atoms with Crippen molar-refractivity contribution >= 4 is 49.1 Å². The van der Waals surface area contributed by atoms with Crippen molar-refractivity contribution in [3.8, 4) is 0 Å². The number of aromatic nitrogens is 3. The van der Waals surface area contributed by atoms with Gasteiger partial charge in [0.25, 0.3) is 10.0 Å². The molecule has 0 radical (unpaired) electrons. The van der Waals surface area contributed by atoms with Gasteiger partial charge in [-0.3, -0.25) is 9.40 Å². The second-order valence-electron chi connectivity index (χ2n) is 3.83. The molecule has 3 N–H and O–H groups in total. The van der Waals surface area contributed by atoms with Crippen LogP contribution in [0.1, 0.15) is 6.92 Å². The van der Waals surface area contributed by atoms with Gasteiger partial charge in [0, 0.05) is 23.4 Å². The van der Waals surface area contributed by atoms with Crippen LogP contribution in [0.5, 0.6) is 0 Å². The highest BCUT2D eigenvalue weighted by molar-refractivity contribution is 9.10. The molecule has 0 unspecified atom stereocenters. The van der Waals surface area contributed by atoms with Gasteiger partial charge in [0.2, 0.25) is 0 Å². The smallest absolute Gasteiger partial charge is 0.267 e. The van der Waals surface area contributed by atoms with Crippen molar-refractivity contribution in [2.75, 3.05) is 10.5 Å². The zero-order valence-corrected chi connectivity index (χ0v) is 13.5. The van der Waals surface area contributed by atoms with Gasteiger partial charge in [-0.05, 0) is 28.9 Å². The number of rotatable bonds is 4. The predicted molar refractivity (Wildman–Crippen MR) is 80.1 cm³/mol. The van der Waals surface area contributed by atoms with Crippen LogP contribution in [-0.2, 0) is 16.6 Å². The van der Waals surface area contributed by atoms with Gasteiger partial charge in [-0.15, -0.1) is 0 Å². The van der Waals surface area contributed by atoms with E-state index >= 15 is 0 Å². The van der Waals surface area contributed by atoms with Crippen molar-refractivity contribution in [2.24, 2.45) is 0 Å². The Kier molecular flexibility index (Phi) is 4.21. The zero-order chi connectivity index (χ0) is 14.9. The summed E-state index contributed by atoms with van der Waals surface area (Å²) in [5.41, 5.74) is 5.77. The SMILES string of the molecule is CCn1cc(S(=O)(=O)Nc2cc(Br)cnc2Cl)c(N)n1. The average Bonchev–Trinajstić information content (AvgIpc) is 2.76. The first-order valence-corrected chi connectivity index (χ1v) is 8.15. The second-order valence-corrected chi connectivity index (χ2v) is 6.76. The maximum Gasteiger partial charge on any atom is 0.267 e. The number of hydrogen-bond donors (Lipinski definition) is 2. The molecule has 0 amide bonds. The van der Waals surface area contributed by atoms with Crippen LogP contribution in [0.25, 0.3) is 0 Å². The van der Waals surface area contributed by atoms with Crippen molar-refractivity contribution in [1.82, 2.24) is 14.8 Å². The number of aryl methyl sites for hydroxylation is 1. The van der Waals surface area contributed by atoms with Gasteiger partial charge in [0.1, 0.15) is 4.90 Å². The van der Waals surface area contributed by atoms with Crippen molar-refractivity contribution < 1.29 is 8.42 Å². The van der Waals surface area contributed by atoms with Crippen LogP contribution in [0.3, 0.4) is 0 Å². The molecule has 0 saturated heterocycles. The van der Waals surface area contributed by atoms with Crippen LogP contribution in [0, 0.1) is 0 Å². The molecule has 7 nitrogen and oxygen atoms in total. The minimum Gasteiger partial charge on any atom is -0.381 e. The first-order chi connectivity index (χ1) is 9.33. The normalized spacial score (nSPS) is 11.6. The van der Waals surface area contributed by atoms with E-state index < -0.39 is 10.0 Å². The van der Waals surface area contributed by atoms with Gasteiger partial charge in [0.15, 0.2) is 11.0 Å². The van der Waals surface area contributed by atoms with Crippen molar-refractivity contribution in [3.63, 3.8) is 0 Å². The van der Waals surface area contributed by atoms with E-state index in [9.17, 15) is 8.42 Å². The Morgan fingerprint density at radius 2 is 2.25 bits per heavy atom. The topological polar surface area (TPSA) is 103 Å². The summed E-state index contributed by atoms with van der Waals surface area (Å²) >= 11 is 9.04. The van der Waals surface area contributed by atoms with Gasteiger partial charge >= 0.3 is 0 Å². The minimum absolute atomic E-state index is 0.0400. The Morgan fingerprint density at radius 3 is 2.85 bits per heavy atom. The number of nitrogens with zero attached hydrogens (tertiary/aromatic N) is 3. The maximum atomic E-state index is 12.3. The van der Waals surface area contributed by atoms with E-state index in [0.29, 0.717) is 11.0 Å². The van der Waals surface area contributed by atoms with Crippen LogP contribution < -0.4 is 10.5 Å². The molecule has 0 aliphatic heterocycles. The number of pyridine rings is 1. The first-order valence-electron chi connectivity index (χ1n) is 5.50. The molecule has 2 aromatic heterocycles. The summed E-state index contributed by atoms with van der Waals surface area (Å²) in [6, 6.07) is 1.51. The molecule has 0 spiro atoms. The van der Waals surface area contributed by atoms with Crippen LogP contribution in [0.4, 0.5) is 11.5 Å². The summed E-state index contributed by atoms with van der Waals surface area (Å²) in [6.45, 7) is 2.34. The highest BCUT2D eigenvalue weighted by Crippen LogP contribution is 2.27. The molecular formula is C10H11BrClN5O2S. The quantitative estimate of drug-likeness (QED) is 0.791. The number of anilines is 2. The molecular weight excluding hydrogens is 370 g/mol. The molecule has 2 rings (SSSR count). The zero-order valence-electron chi connectivity index (χ0n) is 10.3. The lowest BCUT2D eigenvalue weighted by Crippen LogP contribution is -2.14. The Balaban J connectivity index is 2.40. The lowest BCUT2D eigenvalue weighted by atomic mass is 10.4. The van der Waals surface area contributed by atoms with E-state index in [1.165, 1.54) is 23.1 Å². The Morgan fingerprint density at radius 1 is 1.55 bits per heavy atom. The van der Waals surface area contributed by atoms with Gasteiger partial charge < -0.3 is 5.73 Å². The van der Waals surface area contributed by atoms with E-state index in [2.05, 4.69) is 30.7 Å². The third-order valence-corrected chi connectivity index (χ3v) is 4.54. The standard InChI is InChI=1S/C10H11BrClN5O2S/c1-2-17-5-8(10(13)15-17)20(18,19)16-7-3-6(11)4-14-9(7)12/h3-5,16H,2H2,1H3,(H2,13,15). The Bertz CT molecular complexity index is 746. The van der Waals surface area contributed by atoms with E-state index in [4.69, 9.17) is 17.3 Å². The molecule has 0 aliphatic carbocycles. The highest BCUT2D eigenvalue weighted by atomic mass is 79.9. The fourth-order valence-electron chi connectivity index (χ4n) is 1.48. The number of halogens is 2. The van der Waals surface area contributed by atoms with Gasteiger partial charge in [0.05, 0.1) is 5.69 Å². The fraction of sp³-hybridized carbons (Fsp3) is 0.200. The summed E-state index contributed by atoms with van der Waals surface area (Å²) < 4.78 is 28.9. The van der Waals surface area contributed by atoms with E-state index in [1.807, 2.05) is 6.92 Å². The largest absolute Gasteiger partial charge is 0.381 e. The second kappa shape index (κ2) is 5.58. The van der Waals surface area contributed by atoms with Crippen molar-refractivity contribution in [2.45, 2.75) is 18.4 Å². The summed E-state index contributed by atoms with van der Waals surface area (Å²) in [7, 11) is -3.88. The molecule has 108 valence electrons. The van der Waals surface area contributed by atoms with Crippen molar-refractivity contribution in [1.29, 1.82) is 0 Å². The molecule has 2 heterocycles. The average molecular weight is 381 g/mol. The molecule has 0 fully saturated rings. The monoisotopic (exact) mass is 379 g/mol. The third-order valence-electron chi connectivity index (χ3n) is 2.42. The maximum absolute atomic E-state index is 12.3. The van der Waals surface area contributed by atoms with Gasteiger partial charge in [-0.25, -0.2) is 13.4 Å². The molecule has 0 saturated carbocycles. The molecule has 0 aromatic carbocycles. The third kappa shape index (κ3) is 3.05. The molecule has 0 bridgehead atoms. The molecule has 10 heteroatoms. The van der Waals surface area contributed by atoms with Gasteiger partial charge in [-0.1, -0.05) is 11.6 Å². The Labute approximate surface area is 129 Å². The van der Waals surface area contributed by atoms with E-state index in [1.54, 1.807) is 0 Å². The summed E-state index contributed by atoms with van der Waals surface area (Å²) in [5.74, 6) is -0.0709. The van der Waals surface area contributed by atoms with E-state index in [-0.39, 0.29) is 21.6 Å². The van der Waals surface area contributed by atoms with Crippen LogP contribution in [0.2, 0.25) is 5.15 Å². The lowest BCUT2D eigenvalue weighted by Gasteiger charge is -2.08. The summed E-state index contributed by atoms with van der Waals surface area (Å²) in [4.78, 5) is 3.74. The summed E-state index contributed by atoms with van der Waals surface area (Å²) in [5, 5.41) is 3.93. The van der Waals surface area contributed by atoms with Crippen LogP contribution in [-0.4, -0.2) is 23.2 Å². The summed E-state index contributed by atoms with van der Waals surface area (Å²) in [6.07, 6.45) is 2.82. The number of nitrogen functional groups attached to an aromatic ring is 1. The first kappa shape index (κ1) is 15.1. The molecule has 0 aliphatic rings. The number of nitrogens with two attached hydrogens (primary N) is 1. The Hall–Kier alpha value is -1.32. The predicted octanol–water partition coefficient (Wildman–Crippen LogP) is 2.10. The van der Waals surface area contributed by atoms with Gasteiger partial charge in [-0.2, -0.15) is 5.10 Å². The number of nitrogens with one attached hydrogen (secondary N) is 1. The van der Waals surface area contributed by atoms with Crippen molar-refractivity contribution in [3.05, 3.63) is 28.1 Å². The number of hydrogen-bond acceptors (Lipinski definition) is 5. The number of sulfonamides is 1.